The number of aryl methyl sites for hydroxylation is 1. The molecule has 0 spiro atoms. The molecule has 0 atom stereocenters. The van der Waals surface area contributed by atoms with Crippen LogP contribution in [-0.4, -0.2) is 10.8 Å². The molecule has 2 nitrogen and oxygen atoms in total. The Morgan fingerprint density at radius 3 is 2.35 bits per heavy atom. The average Bonchev–Trinajstić information content (AvgIpc) is 2.36. The van der Waals surface area contributed by atoms with Crippen LogP contribution in [0.1, 0.15) is 27.2 Å². The summed E-state index contributed by atoms with van der Waals surface area (Å²) in [6, 6.07) is 5.47. The van der Waals surface area contributed by atoms with E-state index in [0.29, 0.717) is 11.8 Å². The Morgan fingerprint density at radius 1 is 1.15 bits per heavy atom. The number of alkyl halides is 3. The van der Waals surface area contributed by atoms with Gasteiger partial charge in [0.15, 0.2) is 0 Å². The molecule has 1 aromatic heterocycles. The highest BCUT2D eigenvalue weighted by Crippen LogP contribution is 2.28. The largest absolute Gasteiger partial charge is 0.417 e. The summed E-state index contributed by atoms with van der Waals surface area (Å²) in [4.78, 5) is 15.5. The molecule has 0 radical (unpaired) electrons. The van der Waals surface area contributed by atoms with Gasteiger partial charge in [0, 0.05) is 11.8 Å². The number of hydrogen-bond donors (Lipinski definition) is 0. The Hall–Kier alpha value is -2.24. The molecule has 104 valence electrons. The van der Waals surface area contributed by atoms with Gasteiger partial charge in [-0.15, -0.1) is 0 Å². The minimum absolute atomic E-state index is 0.0507. The minimum atomic E-state index is -4.51. The molecule has 0 aliphatic rings. The molecule has 2 rings (SSSR count). The molecular weight excluding hydrogens is 274 g/mol. The molecule has 6 heteroatoms. The molecule has 0 unspecified atom stereocenters. The predicted molar refractivity (Wildman–Crippen MR) is 63.8 cm³/mol. The Bertz CT molecular complexity index is 627. The van der Waals surface area contributed by atoms with Gasteiger partial charge in [-0.05, 0) is 42.8 Å². The first-order chi connectivity index (χ1) is 9.27. The number of ketones is 1. The number of halogens is 4. The number of carbonyl (C=O) groups is 1. The third-order valence-electron chi connectivity index (χ3n) is 2.63. The van der Waals surface area contributed by atoms with Crippen molar-refractivity contribution in [1.82, 2.24) is 4.98 Å². The van der Waals surface area contributed by atoms with E-state index in [2.05, 4.69) is 4.98 Å². The topological polar surface area (TPSA) is 30.0 Å². The van der Waals surface area contributed by atoms with Crippen molar-refractivity contribution in [2.45, 2.75) is 13.1 Å². The van der Waals surface area contributed by atoms with Crippen molar-refractivity contribution in [2.24, 2.45) is 0 Å². The van der Waals surface area contributed by atoms with Gasteiger partial charge in [-0.1, -0.05) is 0 Å². The summed E-state index contributed by atoms with van der Waals surface area (Å²) in [5.41, 5.74) is -0.512. The average molecular weight is 283 g/mol. The number of benzene rings is 1. The summed E-state index contributed by atoms with van der Waals surface area (Å²) in [7, 11) is 0. The van der Waals surface area contributed by atoms with Crippen LogP contribution in [0, 0.1) is 12.7 Å². The van der Waals surface area contributed by atoms with E-state index in [-0.39, 0.29) is 11.3 Å². The molecule has 0 fully saturated rings. The SMILES string of the molecule is Cc1cc(F)cc(C(=O)c2ccc(C(F)(F)F)cn2)c1. The molecule has 0 aliphatic heterocycles. The monoisotopic (exact) mass is 283 g/mol. The zero-order valence-electron chi connectivity index (χ0n) is 10.3. The Balaban J connectivity index is 2.34. The van der Waals surface area contributed by atoms with Gasteiger partial charge in [0.2, 0.25) is 5.78 Å². The van der Waals surface area contributed by atoms with Crippen LogP contribution < -0.4 is 0 Å². The van der Waals surface area contributed by atoms with Crippen LogP contribution in [0.5, 0.6) is 0 Å². The molecule has 1 heterocycles. The fourth-order valence-electron chi connectivity index (χ4n) is 1.71. The highest BCUT2D eigenvalue weighted by molar-refractivity contribution is 6.07. The summed E-state index contributed by atoms with van der Waals surface area (Å²) >= 11 is 0. The van der Waals surface area contributed by atoms with Crippen LogP contribution in [0.25, 0.3) is 0 Å². The van der Waals surface area contributed by atoms with Crippen molar-refractivity contribution >= 4 is 5.78 Å². The smallest absolute Gasteiger partial charge is 0.287 e. The van der Waals surface area contributed by atoms with Gasteiger partial charge < -0.3 is 0 Å². The number of hydrogen-bond acceptors (Lipinski definition) is 2. The fraction of sp³-hybridized carbons (Fsp3) is 0.143. The Morgan fingerprint density at radius 2 is 1.85 bits per heavy atom. The van der Waals surface area contributed by atoms with Crippen molar-refractivity contribution in [3.8, 4) is 0 Å². The van der Waals surface area contributed by atoms with Crippen LogP contribution in [0.2, 0.25) is 0 Å². The highest BCUT2D eigenvalue weighted by Gasteiger charge is 2.31. The normalized spacial score (nSPS) is 11.4. The zero-order chi connectivity index (χ0) is 14.9. The van der Waals surface area contributed by atoms with E-state index in [9.17, 15) is 22.4 Å². The van der Waals surface area contributed by atoms with Crippen LogP contribution in [0.3, 0.4) is 0 Å². The van der Waals surface area contributed by atoms with E-state index in [4.69, 9.17) is 0 Å². The molecule has 0 amide bonds. The van der Waals surface area contributed by atoms with Gasteiger partial charge in [-0.2, -0.15) is 13.2 Å². The molecule has 0 saturated heterocycles. The maximum Gasteiger partial charge on any atom is 0.417 e. The quantitative estimate of drug-likeness (QED) is 0.620. The van der Waals surface area contributed by atoms with E-state index in [1.807, 2.05) is 0 Å². The lowest BCUT2D eigenvalue weighted by atomic mass is 10.0. The third kappa shape index (κ3) is 3.01. The Labute approximate surface area is 112 Å². The molecule has 0 N–H and O–H groups in total. The standard InChI is InChI=1S/C14H9F4NO/c1-8-4-9(6-11(15)5-8)13(20)12-3-2-10(7-19-12)14(16,17)18/h2-7H,1H3. The number of carbonyl (C=O) groups excluding carboxylic acids is 1. The van der Waals surface area contributed by atoms with Crippen molar-refractivity contribution in [1.29, 1.82) is 0 Å². The van der Waals surface area contributed by atoms with Crippen LogP contribution in [-0.2, 0) is 6.18 Å². The molecule has 0 bridgehead atoms. The molecule has 1 aromatic carbocycles. The van der Waals surface area contributed by atoms with Crippen LogP contribution in [0.15, 0.2) is 36.5 Å². The highest BCUT2D eigenvalue weighted by atomic mass is 19.4. The lowest BCUT2D eigenvalue weighted by molar-refractivity contribution is -0.137. The molecule has 0 aliphatic carbocycles. The van der Waals surface area contributed by atoms with E-state index >= 15 is 0 Å². The van der Waals surface area contributed by atoms with Crippen molar-refractivity contribution in [2.75, 3.05) is 0 Å². The first-order valence-electron chi connectivity index (χ1n) is 5.62. The molecule has 20 heavy (non-hydrogen) atoms. The van der Waals surface area contributed by atoms with E-state index < -0.39 is 23.3 Å². The minimum Gasteiger partial charge on any atom is -0.287 e. The van der Waals surface area contributed by atoms with Crippen molar-refractivity contribution < 1.29 is 22.4 Å². The van der Waals surface area contributed by atoms with Crippen molar-refractivity contribution in [3.63, 3.8) is 0 Å². The number of rotatable bonds is 2. The Kier molecular flexibility index (Phi) is 3.57. The summed E-state index contributed by atoms with van der Waals surface area (Å²) < 4.78 is 50.3. The number of nitrogens with zero attached hydrogens (tertiary/aromatic N) is 1. The second kappa shape index (κ2) is 5.03. The number of aromatic nitrogens is 1. The van der Waals surface area contributed by atoms with Gasteiger partial charge >= 0.3 is 6.18 Å². The summed E-state index contributed by atoms with van der Waals surface area (Å²) in [5, 5.41) is 0. The van der Waals surface area contributed by atoms with Gasteiger partial charge in [0.05, 0.1) is 5.56 Å². The lowest BCUT2D eigenvalue weighted by Gasteiger charge is -2.07. The predicted octanol–water partition coefficient (Wildman–Crippen LogP) is 3.78. The van der Waals surface area contributed by atoms with E-state index in [0.717, 1.165) is 18.2 Å². The van der Waals surface area contributed by atoms with E-state index in [1.54, 1.807) is 6.92 Å². The number of pyridine rings is 1. The van der Waals surface area contributed by atoms with Gasteiger partial charge in [0.25, 0.3) is 0 Å². The zero-order valence-corrected chi connectivity index (χ0v) is 10.3. The summed E-state index contributed by atoms with van der Waals surface area (Å²) in [6.45, 7) is 1.61. The second-order valence-corrected chi connectivity index (χ2v) is 4.28. The summed E-state index contributed by atoms with van der Waals surface area (Å²) in [6.07, 6.45) is -3.93. The second-order valence-electron chi connectivity index (χ2n) is 4.28. The first-order valence-corrected chi connectivity index (χ1v) is 5.62. The van der Waals surface area contributed by atoms with Gasteiger partial charge in [-0.3, -0.25) is 9.78 Å². The van der Waals surface area contributed by atoms with E-state index in [1.165, 1.54) is 12.1 Å². The molecular formula is C14H9F4NO. The maximum atomic E-state index is 13.2. The molecule has 2 aromatic rings. The summed E-state index contributed by atoms with van der Waals surface area (Å²) in [5.74, 6) is -1.21. The van der Waals surface area contributed by atoms with Crippen molar-refractivity contribution in [3.05, 3.63) is 64.7 Å². The van der Waals surface area contributed by atoms with Crippen LogP contribution >= 0.6 is 0 Å². The fourth-order valence-corrected chi connectivity index (χ4v) is 1.71. The third-order valence-corrected chi connectivity index (χ3v) is 2.63. The first kappa shape index (κ1) is 14.2. The van der Waals surface area contributed by atoms with Gasteiger partial charge in [0.1, 0.15) is 11.5 Å². The van der Waals surface area contributed by atoms with Crippen LogP contribution in [0.4, 0.5) is 17.6 Å². The molecule has 0 saturated carbocycles. The maximum absolute atomic E-state index is 13.2. The van der Waals surface area contributed by atoms with Gasteiger partial charge in [-0.25, -0.2) is 4.39 Å². The lowest BCUT2D eigenvalue weighted by Crippen LogP contribution is -2.09.